The van der Waals surface area contributed by atoms with Crippen molar-refractivity contribution < 1.29 is 9.53 Å². The summed E-state index contributed by atoms with van der Waals surface area (Å²) in [6.45, 7) is 2.27. The van der Waals surface area contributed by atoms with E-state index in [2.05, 4.69) is 4.98 Å². The van der Waals surface area contributed by atoms with Crippen LogP contribution < -0.4 is 16.0 Å². The van der Waals surface area contributed by atoms with E-state index < -0.39 is 11.2 Å². The lowest BCUT2D eigenvalue weighted by Gasteiger charge is -2.12. The Labute approximate surface area is 160 Å². The Balaban J connectivity index is 1.81. The molecule has 0 aliphatic carbocycles. The molecule has 27 heavy (non-hydrogen) atoms. The van der Waals surface area contributed by atoms with Crippen molar-refractivity contribution in [3.63, 3.8) is 0 Å². The summed E-state index contributed by atoms with van der Waals surface area (Å²) in [6.07, 6.45) is 1.39. The zero-order valence-electron chi connectivity index (χ0n) is 14.6. The lowest BCUT2D eigenvalue weighted by atomic mass is 10.0. The van der Waals surface area contributed by atoms with Crippen LogP contribution in [-0.4, -0.2) is 21.9 Å². The molecule has 0 saturated carbocycles. The van der Waals surface area contributed by atoms with Crippen molar-refractivity contribution in [1.29, 1.82) is 0 Å². The van der Waals surface area contributed by atoms with Gasteiger partial charge in [-0.2, -0.15) is 0 Å². The molecule has 7 heteroatoms. The Bertz CT molecular complexity index is 1100. The van der Waals surface area contributed by atoms with E-state index in [0.29, 0.717) is 21.9 Å². The summed E-state index contributed by atoms with van der Waals surface area (Å²) >= 11 is 6.06. The Hall–Kier alpha value is -3.12. The predicted molar refractivity (Wildman–Crippen MR) is 103 cm³/mol. The van der Waals surface area contributed by atoms with Crippen molar-refractivity contribution in [3.8, 4) is 5.75 Å². The second-order valence-corrected chi connectivity index (χ2v) is 6.43. The number of ketones is 1. The summed E-state index contributed by atoms with van der Waals surface area (Å²) in [6, 6.07) is 13.3. The number of H-pyrrole nitrogens is 1. The highest BCUT2D eigenvalue weighted by molar-refractivity contribution is 6.31. The molecule has 1 heterocycles. The summed E-state index contributed by atoms with van der Waals surface area (Å²) in [4.78, 5) is 37.8. The van der Waals surface area contributed by atoms with Gasteiger partial charge in [0, 0.05) is 22.8 Å². The fraction of sp³-hybridized carbons (Fsp3) is 0.150. The summed E-state index contributed by atoms with van der Waals surface area (Å²) in [5.74, 6) is 0.181. The third-order valence-electron chi connectivity index (χ3n) is 3.95. The average molecular weight is 385 g/mol. The Morgan fingerprint density at radius 1 is 1.15 bits per heavy atom. The molecule has 0 aliphatic rings. The van der Waals surface area contributed by atoms with Gasteiger partial charge in [-0.25, -0.2) is 4.79 Å². The van der Waals surface area contributed by atoms with E-state index in [0.717, 1.165) is 5.56 Å². The second-order valence-electron chi connectivity index (χ2n) is 5.99. The van der Waals surface area contributed by atoms with E-state index in [-0.39, 0.29) is 18.9 Å². The Kier molecular flexibility index (Phi) is 5.57. The first-order valence-electron chi connectivity index (χ1n) is 8.27. The third kappa shape index (κ3) is 4.54. The highest BCUT2D eigenvalue weighted by atomic mass is 35.5. The minimum atomic E-state index is -0.515. The molecule has 1 aromatic heterocycles. The topological polar surface area (TPSA) is 81.2 Å². The van der Waals surface area contributed by atoms with Gasteiger partial charge in [0.1, 0.15) is 12.4 Å². The minimum Gasteiger partial charge on any atom is -0.491 e. The van der Waals surface area contributed by atoms with E-state index in [1.165, 1.54) is 16.8 Å². The number of rotatable bonds is 6. The Morgan fingerprint density at radius 3 is 2.70 bits per heavy atom. The van der Waals surface area contributed by atoms with Crippen molar-refractivity contribution in [1.82, 2.24) is 9.55 Å². The van der Waals surface area contributed by atoms with Crippen LogP contribution in [0, 0.1) is 6.92 Å². The number of aromatic amines is 1. The smallest absolute Gasteiger partial charge is 0.328 e. The molecule has 0 spiro atoms. The number of hydrogen-bond donors (Lipinski definition) is 1. The predicted octanol–water partition coefficient (Wildman–Crippen LogP) is 2.81. The molecule has 3 rings (SSSR count). The fourth-order valence-corrected chi connectivity index (χ4v) is 2.79. The first-order valence-corrected chi connectivity index (χ1v) is 8.65. The van der Waals surface area contributed by atoms with E-state index >= 15 is 0 Å². The minimum absolute atomic E-state index is 0.141. The number of benzene rings is 2. The van der Waals surface area contributed by atoms with Crippen LogP contribution in [0.15, 0.2) is 64.3 Å². The number of nitrogens with zero attached hydrogens (tertiary/aromatic N) is 1. The molecule has 0 aliphatic heterocycles. The van der Waals surface area contributed by atoms with Crippen LogP contribution in [0.3, 0.4) is 0 Å². The highest BCUT2D eigenvalue weighted by Gasteiger charge is 2.16. The lowest BCUT2D eigenvalue weighted by molar-refractivity contribution is 0.103. The van der Waals surface area contributed by atoms with Gasteiger partial charge in [0.2, 0.25) is 0 Å². The molecular weight excluding hydrogens is 368 g/mol. The molecule has 0 unspecified atom stereocenters. The average Bonchev–Trinajstić information content (AvgIpc) is 2.64. The van der Waals surface area contributed by atoms with Gasteiger partial charge in [-0.1, -0.05) is 35.4 Å². The van der Waals surface area contributed by atoms with Crippen molar-refractivity contribution >= 4 is 17.4 Å². The lowest BCUT2D eigenvalue weighted by Crippen LogP contribution is -2.30. The van der Waals surface area contributed by atoms with Crippen molar-refractivity contribution in [2.75, 3.05) is 6.61 Å². The van der Waals surface area contributed by atoms with E-state index in [9.17, 15) is 14.4 Å². The fourth-order valence-electron chi connectivity index (χ4n) is 2.62. The van der Waals surface area contributed by atoms with Crippen LogP contribution >= 0.6 is 11.6 Å². The van der Waals surface area contributed by atoms with Gasteiger partial charge < -0.3 is 4.74 Å². The second kappa shape index (κ2) is 8.05. The molecule has 2 aromatic carbocycles. The first kappa shape index (κ1) is 18.7. The molecule has 0 saturated heterocycles. The molecule has 1 N–H and O–H groups in total. The number of halogens is 1. The van der Waals surface area contributed by atoms with Gasteiger partial charge in [0.15, 0.2) is 5.78 Å². The quantitative estimate of drug-likeness (QED) is 0.662. The molecule has 0 amide bonds. The van der Waals surface area contributed by atoms with Crippen LogP contribution in [-0.2, 0) is 6.54 Å². The molecule has 0 bridgehead atoms. The van der Waals surface area contributed by atoms with Crippen LogP contribution in [0.5, 0.6) is 5.75 Å². The number of aryl methyl sites for hydroxylation is 1. The number of nitrogens with one attached hydrogen (secondary N) is 1. The maximum atomic E-state index is 12.9. The van der Waals surface area contributed by atoms with Gasteiger partial charge in [0.05, 0.1) is 12.1 Å². The van der Waals surface area contributed by atoms with Gasteiger partial charge in [0.25, 0.3) is 5.56 Å². The van der Waals surface area contributed by atoms with Gasteiger partial charge in [-0.15, -0.1) is 0 Å². The van der Waals surface area contributed by atoms with Crippen LogP contribution in [0.25, 0.3) is 0 Å². The van der Waals surface area contributed by atoms with Gasteiger partial charge in [-0.05, 0) is 31.2 Å². The molecular formula is C20H17ClN2O4. The van der Waals surface area contributed by atoms with E-state index in [1.54, 1.807) is 30.3 Å². The largest absolute Gasteiger partial charge is 0.491 e. The summed E-state index contributed by atoms with van der Waals surface area (Å²) in [7, 11) is 0. The van der Waals surface area contributed by atoms with Crippen molar-refractivity contribution in [2.24, 2.45) is 0 Å². The monoisotopic (exact) mass is 384 g/mol. The number of carbonyl (C=O) groups excluding carboxylic acids is 1. The number of aromatic nitrogens is 2. The standard InChI is InChI=1S/C20H17ClN2O4/c1-13-3-2-4-14(11-13)19(25)16-12-15(21)5-6-17(16)27-10-9-23-8-7-18(24)22-20(23)26/h2-8,11-12H,9-10H2,1H3,(H,22,24,26). The normalized spacial score (nSPS) is 10.6. The van der Waals surface area contributed by atoms with E-state index in [4.69, 9.17) is 16.3 Å². The van der Waals surface area contributed by atoms with E-state index in [1.807, 2.05) is 19.1 Å². The maximum Gasteiger partial charge on any atom is 0.328 e. The number of ether oxygens (including phenoxy) is 1. The number of carbonyl (C=O) groups is 1. The Morgan fingerprint density at radius 2 is 1.96 bits per heavy atom. The molecule has 0 atom stereocenters. The molecule has 0 radical (unpaired) electrons. The maximum absolute atomic E-state index is 12.9. The molecule has 138 valence electrons. The van der Waals surface area contributed by atoms with Crippen LogP contribution in [0.4, 0.5) is 0 Å². The highest BCUT2D eigenvalue weighted by Crippen LogP contribution is 2.26. The number of hydrogen-bond acceptors (Lipinski definition) is 4. The zero-order valence-corrected chi connectivity index (χ0v) is 15.3. The summed E-state index contributed by atoms with van der Waals surface area (Å²) in [5.41, 5.74) is 0.892. The van der Waals surface area contributed by atoms with Crippen LogP contribution in [0.1, 0.15) is 21.5 Å². The summed E-state index contributed by atoms with van der Waals surface area (Å²) < 4.78 is 7.04. The zero-order chi connectivity index (χ0) is 19.4. The first-order chi connectivity index (χ1) is 12.9. The molecule has 0 fully saturated rings. The molecule has 6 nitrogen and oxygen atoms in total. The van der Waals surface area contributed by atoms with Crippen molar-refractivity contribution in [3.05, 3.63) is 97.3 Å². The summed E-state index contributed by atoms with van der Waals surface area (Å²) in [5, 5.41) is 0.426. The van der Waals surface area contributed by atoms with Gasteiger partial charge >= 0.3 is 5.69 Å². The van der Waals surface area contributed by atoms with Gasteiger partial charge in [-0.3, -0.25) is 19.1 Å². The van der Waals surface area contributed by atoms with Crippen LogP contribution in [0.2, 0.25) is 5.02 Å². The molecule has 3 aromatic rings. The van der Waals surface area contributed by atoms with Crippen molar-refractivity contribution in [2.45, 2.75) is 13.5 Å². The SMILES string of the molecule is Cc1cccc(C(=O)c2cc(Cl)ccc2OCCn2ccc(=O)[nH]c2=O)c1. The third-order valence-corrected chi connectivity index (χ3v) is 4.19.